The van der Waals surface area contributed by atoms with E-state index in [2.05, 4.69) is 0 Å². The van der Waals surface area contributed by atoms with Crippen LogP contribution in [0.3, 0.4) is 0 Å². The van der Waals surface area contributed by atoms with Crippen LogP contribution in [0.2, 0.25) is 0 Å². The van der Waals surface area contributed by atoms with Crippen LogP contribution >= 0.6 is 0 Å². The predicted molar refractivity (Wildman–Crippen MR) is 49.1 cm³/mol. The summed E-state index contributed by atoms with van der Waals surface area (Å²) in [6, 6.07) is -0.0139. The van der Waals surface area contributed by atoms with Gasteiger partial charge in [-0.25, -0.2) is 4.79 Å². The first kappa shape index (κ1) is 10.0. The molecule has 1 unspecified atom stereocenters. The number of piperidine rings is 1. The van der Waals surface area contributed by atoms with E-state index in [1.807, 2.05) is 6.29 Å². The summed E-state index contributed by atoms with van der Waals surface area (Å²) in [6.45, 7) is 1.29. The molecular weight excluding hydrogens is 168 g/mol. The first-order valence-electron chi connectivity index (χ1n) is 4.49. The summed E-state index contributed by atoms with van der Waals surface area (Å²) in [7, 11) is 3.44. The van der Waals surface area contributed by atoms with E-state index in [0.29, 0.717) is 6.54 Å². The zero-order valence-electron chi connectivity index (χ0n) is 8.12. The van der Waals surface area contributed by atoms with Crippen molar-refractivity contribution in [3.63, 3.8) is 0 Å². The van der Waals surface area contributed by atoms with E-state index in [0.717, 1.165) is 19.4 Å². The van der Waals surface area contributed by atoms with Gasteiger partial charge in [0.25, 0.3) is 0 Å². The molecular formula is C9H15N2O2. The number of rotatable bonds is 1. The minimum absolute atomic E-state index is 0.0139. The van der Waals surface area contributed by atoms with Crippen molar-refractivity contribution in [2.75, 3.05) is 27.2 Å². The van der Waals surface area contributed by atoms with Gasteiger partial charge in [0.05, 0.1) is 0 Å². The lowest BCUT2D eigenvalue weighted by molar-refractivity contribution is 0.153. The molecule has 1 fully saturated rings. The molecule has 2 amide bonds. The fourth-order valence-corrected chi connectivity index (χ4v) is 1.53. The van der Waals surface area contributed by atoms with Crippen molar-refractivity contribution in [2.45, 2.75) is 12.8 Å². The van der Waals surface area contributed by atoms with Crippen LogP contribution in [0, 0.1) is 5.92 Å². The van der Waals surface area contributed by atoms with Crippen molar-refractivity contribution < 1.29 is 9.59 Å². The number of hydrogen-bond acceptors (Lipinski definition) is 2. The molecule has 0 spiro atoms. The highest BCUT2D eigenvalue weighted by Crippen LogP contribution is 2.14. The Kier molecular flexibility index (Phi) is 3.28. The van der Waals surface area contributed by atoms with Crippen molar-refractivity contribution in [2.24, 2.45) is 5.92 Å². The molecule has 73 valence electrons. The molecule has 0 aromatic carbocycles. The molecule has 0 saturated carbocycles. The van der Waals surface area contributed by atoms with Crippen molar-refractivity contribution in [1.29, 1.82) is 0 Å². The van der Waals surface area contributed by atoms with Crippen LogP contribution in [0.1, 0.15) is 12.8 Å². The SMILES string of the molecule is CN(C)C(=O)N1CCCC([C]=O)C1. The number of hydrogen-bond donors (Lipinski definition) is 0. The molecule has 1 rings (SSSR count). The van der Waals surface area contributed by atoms with E-state index in [4.69, 9.17) is 0 Å². The monoisotopic (exact) mass is 183 g/mol. The number of nitrogens with zero attached hydrogens (tertiary/aromatic N) is 2. The Hall–Kier alpha value is -1.06. The Bertz CT molecular complexity index is 204. The van der Waals surface area contributed by atoms with Crippen LogP contribution in [-0.4, -0.2) is 49.3 Å². The average molecular weight is 183 g/mol. The maximum Gasteiger partial charge on any atom is 0.319 e. The largest absolute Gasteiger partial charge is 0.331 e. The first-order valence-corrected chi connectivity index (χ1v) is 4.49. The molecule has 1 aliphatic rings. The van der Waals surface area contributed by atoms with Crippen molar-refractivity contribution in [3.05, 3.63) is 0 Å². The third kappa shape index (κ3) is 2.44. The van der Waals surface area contributed by atoms with Gasteiger partial charge < -0.3 is 9.80 Å². The minimum Gasteiger partial charge on any atom is -0.331 e. The first-order chi connectivity index (χ1) is 6.15. The summed E-state index contributed by atoms with van der Waals surface area (Å²) >= 11 is 0. The van der Waals surface area contributed by atoms with E-state index >= 15 is 0 Å². The Morgan fingerprint density at radius 1 is 1.54 bits per heavy atom. The molecule has 0 bridgehead atoms. The van der Waals surface area contributed by atoms with Gasteiger partial charge in [0.1, 0.15) is 0 Å². The van der Waals surface area contributed by atoms with Gasteiger partial charge in [-0.15, -0.1) is 0 Å². The number of carbonyl (C=O) groups is 1. The van der Waals surface area contributed by atoms with E-state index < -0.39 is 0 Å². The molecule has 1 saturated heterocycles. The molecule has 1 heterocycles. The number of urea groups is 1. The predicted octanol–water partition coefficient (Wildman–Crippen LogP) is 0.490. The topological polar surface area (TPSA) is 40.6 Å². The lowest BCUT2D eigenvalue weighted by Crippen LogP contribution is -2.45. The molecule has 0 N–H and O–H groups in total. The van der Waals surface area contributed by atoms with Gasteiger partial charge in [-0.1, -0.05) is 0 Å². The second kappa shape index (κ2) is 4.25. The summed E-state index contributed by atoms with van der Waals surface area (Å²) in [4.78, 5) is 25.1. The van der Waals surface area contributed by atoms with Crippen molar-refractivity contribution in [3.8, 4) is 0 Å². The van der Waals surface area contributed by atoms with Crippen LogP contribution in [0.25, 0.3) is 0 Å². The molecule has 0 aliphatic carbocycles. The van der Waals surface area contributed by atoms with Crippen LogP contribution in [0.15, 0.2) is 0 Å². The van der Waals surface area contributed by atoms with Gasteiger partial charge in [-0.2, -0.15) is 0 Å². The second-order valence-corrected chi connectivity index (χ2v) is 3.58. The van der Waals surface area contributed by atoms with Gasteiger partial charge in [0.2, 0.25) is 6.29 Å². The zero-order valence-corrected chi connectivity index (χ0v) is 8.12. The van der Waals surface area contributed by atoms with E-state index in [9.17, 15) is 9.59 Å². The van der Waals surface area contributed by atoms with Gasteiger partial charge >= 0.3 is 6.03 Å². The van der Waals surface area contributed by atoms with Crippen LogP contribution in [0.5, 0.6) is 0 Å². The van der Waals surface area contributed by atoms with Crippen LogP contribution in [0.4, 0.5) is 4.79 Å². The molecule has 1 aliphatic heterocycles. The molecule has 1 radical (unpaired) electrons. The molecule has 0 aromatic heterocycles. The van der Waals surface area contributed by atoms with E-state index in [1.54, 1.807) is 19.0 Å². The van der Waals surface area contributed by atoms with Crippen molar-refractivity contribution in [1.82, 2.24) is 9.80 Å². The average Bonchev–Trinajstić information content (AvgIpc) is 2.16. The smallest absolute Gasteiger partial charge is 0.319 e. The third-order valence-corrected chi connectivity index (χ3v) is 2.24. The Labute approximate surface area is 78.5 Å². The molecule has 4 heteroatoms. The molecule has 13 heavy (non-hydrogen) atoms. The molecule has 1 atom stereocenters. The Morgan fingerprint density at radius 3 is 2.77 bits per heavy atom. The number of likely N-dealkylation sites (tertiary alicyclic amines) is 1. The standard InChI is InChI=1S/C9H15N2O2/c1-10(2)9(13)11-5-3-4-8(6-11)7-12/h8H,3-6H2,1-2H3. The summed E-state index contributed by atoms with van der Waals surface area (Å²) < 4.78 is 0. The quantitative estimate of drug-likeness (QED) is 0.593. The summed E-state index contributed by atoms with van der Waals surface area (Å²) in [6.07, 6.45) is 3.73. The fraction of sp³-hybridized carbons (Fsp3) is 0.778. The highest BCUT2D eigenvalue weighted by Gasteiger charge is 2.24. The third-order valence-electron chi connectivity index (χ3n) is 2.24. The lowest BCUT2D eigenvalue weighted by atomic mass is 10.0. The van der Waals surface area contributed by atoms with Crippen molar-refractivity contribution >= 4 is 12.3 Å². The maximum atomic E-state index is 11.5. The number of amides is 2. The van der Waals surface area contributed by atoms with E-state index in [1.165, 1.54) is 4.90 Å². The van der Waals surface area contributed by atoms with Gasteiger partial charge in [0, 0.05) is 33.1 Å². The van der Waals surface area contributed by atoms with Gasteiger partial charge in [-0.05, 0) is 12.8 Å². The zero-order chi connectivity index (χ0) is 9.84. The normalized spacial score (nSPS) is 22.6. The fourth-order valence-electron chi connectivity index (χ4n) is 1.53. The molecule has 4 nitrogen and oxygen atoms in total. The highest BCUT2D eigenvalue weighted by molar-refractivity contribution is 5.74. The molecule has 0 aromatic rings. The minimum atomic E-state index is -0.0855. The van der Waals surface area contributed by atoms with Crippen LogP contribution in [-0.2, 0) is 4.79 Å². The second-order valence-electron chi connectivity index (χ2n) is 3.58. The lowest BCUT2D eigenvalue weighted by Gasteiger charge is -2.31. The maximum absolute atomic E-state index is 11.5. The number of carbonyl (C=O) groups excluding carboxylic acids is 2. The summed E-state index contributed by atoms with van der Waals surface area (Å²) in [5.74, 6) is -0.0855. The van der Waals surface area contributed by atoms with Gasteiger partial charge in [0.15, 0.2) is 0 Å². The van der Waals surface area contributed by atoms with Crippen LogP contribution < -0.4 is 0 Å². The van der Waals surface area contributed by atoms with E-state index in [-0.39, 0.29) is 11.9 Å². The van der Waals surface area contributed by atoms with Gasteiger partial charge in [-0.3, -0.25) is 4.79 Å². The Morgan fingerprint density at radius 2 is 2.23 bits per heavy atom. The summed E-state index contributed by atoms with van der Waals surface area (Å²) in [5.41, 5.74) is 0. The highest BCUT2D eigenvalue weighted by atomic mass is 16.2. The summed E-state index contributed by atoms with van der Waals surface area (Å²) in [5, 5.41) is 0. The Balaban J connectivity index is 2.51.